The molecule has 0 aromatic rings. The van der Waals surface area contributed by atoms with Gasteiger partial charge in [0.1, 0.15) is 0 Å². The molecule has 1 aliphatic rings. The smallest absolute Gasteiger partial charge is 0.305 e. The van der Waals surface area contributed by atoms with E-state index in [-0.39, 0.29) is 24.5 Å². The third-order valence-corrected chi connectivity index (χ3v) is 5.12. The van der Waals surface area contributed by atoms with Gasteiger partial charge in [-0.2, -0.15) is 0 Å². The van der Waals surface area contributed by atoms with Crippen LogP contribution in [0.25, 0.3) is 0 Å². The molecule has 2 unspecified atom stereocenters. The van der Waals surface area contributed by atoms with Crippen LogP contribution in [0.4, 0.5) is 0 Å². The lowest BCUT2D eigenvalue weighted by Crippen LogP contribution is -2.58. The molecule has 8 heteroatoms. The monoisotopic (exact) mass is 306 g/mol. The molecule has 116 valence electrons. The van der Waals surface area contributed by atoms with Gasteiger partial charge in [0.15, 0.2) is 9.84 Å². The SMILES string of the molecule is CC(C)(C)C(N)C(=O)N1CCS(=O)(=O)CC1CC(=O)O. The topological polar surface area (TPSA) is 118 Å². The molecule has 1 aliphatic heterocycles. The van der Waals surface area contributed by atoms with Gasteiger partial charge in [0.2, 0.25) is 5.91 Å². The van der Waals surface area contributed by atoms with Crippen molar-refractivity contribution in [1.29, 1.82) is 0 Å². The van der Waals surface area contributed by atoms with E-state index in [9.17, 15) is 18.0 Å². The lowest BCUT2D eigenvalue weighted by Gasteiger charge is -2.38. The fourth-order valence-corrected chi connectivity index (χ4v) is 3.62. The lowest BCUT2D eigenvalue weighted by atomic mass is 9.86. The number of hydrogen-bond acceptors (Lipinski definition) is 5. The van der Waals surface area contributed by atoms with Crippen molar-refractivity contribution < 1.29 is 23.1 Å². The number of aliphatic carboxylic acids is 1. The summed E-state index contributed by atoms with van der Waals surface area (Å²) < 4.78 is 23.2. The largest absolute Gasteiger partial charge is 0.481 e. The number of carboxylic acids is 1. The first-order valence-corrected chi connectivity index (χ1v) is 8.24. The molecule has 1 rings (SSSR count). The summed E-state index contributed by atoms with van der Waals surface area (Å²) in [6, 6.07) is -1.63. The van der Waals surface area contributed by atoms with Gasteiger partial charge in [-0.05, 0) is 5.41 Å². The molecule has 0 aromatic carbocycles. The highest BCUT2D eigenvalue weighted by Crippen LogP contribution is 2.23. The summed E-state index contributed by atoms with van der Waals surface area (Å²) in [7, 11) is -3.30. The van der Waals surface area contributed by atoms with Crippen molar-refractivity contribution in [2.75, 3.05) is 18.1 Å². The van der Waals surface area contributed by atoms with Gasteiger partial charge in [-0.25, -0.2) is 8.42 Å². The van der Waals surface area contributed by atoms with Crippen LogP contribution in [0.2, 0.25) is 0 Å². The Hall–Kier alpha value is -1.15. The van der Waals surface area contributed by atoms with Gasteiger partial charge in [-0.3, -0.25) is 9.59 Å². The first-order valence-electron chi connectivity index (χ1n) is 6.42. The molecule has 1 heterocycles. The zero-order valence-corrected chi connectivity index (χ0v) is 12.8. The molecule has 0 bridgehead atoms. The van der Waals surface area contributed by atoms with Gasteiger partial charge in [0, 0.05) is 6.54 Å². The summed E-state index contributed by atoms with van der Waals surface area (Å²) in [6.07, 6.45) is -0.387. The Balaban J connectivity index is 2.96. The quantitative estimate of drug-likeness (QED) is 0.723. The minimum Gasteiger partial charge on any atom is -0.481 e. The zero-order valence-electron chi connectivity index (χ0n) is 12.0. The van der Waals surface area contributed by atoms with Crippen molar-refractivity contribution >= 4 is 21.7 Å². The summed E-state index contributed by atoms with van der Waals surface area (Å²) in [5, 5.41) is 8.87. The second-order valence-corrected chi connectivity index (χ2v) is 8.47. The van der Waals surface area contributed by atoms with E-state index in [0.717, 1.165) is 0 Å². The minimum absolute atomic E-state index is 0.00287. The van der Waals surface area contributed by atoms with Crippen molar-refractivity contribution in [1.82, 2.24) is 4.90 Å². The minimum atomic E-state index is -3.30. The number of carbonyl (C=O) groups excluding carboxylic acids is 1. The second kappa shape index (κ2) is 5.69. The Labute approximate surface area is 119 Å². The van der Waals surface area contributed by atoms with Crippen molar-refractivity contribution in [2.24, 2.45) is 11.1 Å². The third-order valence-electron chi connectivity index (χ3n) is 3.42. The molecule has 0 aromatic heterocycles. The molecule has 7 nitrogen and oxygen atoms in total. The van der Waals surface area contributed by atoms with Gasteiger partial charge in [0.25, 0.3) is 0 Å². The molecule has 0 spiro atoms. The van der Waals surface area contributed by atoms with E-state index in [1.165, 1.54) is 4.90 Å². The predicted molar refractivity (Wildman–Crippen MR) is 73.8 cm³/mol. The number of sulfone groups is 1. The van der Waals surface area contributed by atoms with Crippen LogP contribution in [0.15, 0.2) is 0 Å². The van der Waals surface area contributed by atoms with Crippen molar-refractivity contribution in [3.8, 4) is 0 Å². The Kier molecular flexibility index (Phi) is 4.81. The van der Waals surface area contributed by atoms with E-state index in [0.29, 0.717) is 0 Å². The van der Waals surface area contributed by atoms with Gasteiger partial charge in [-0.1, -0.05) is 20.8 Å². The first kappa shape index (κ1) is 16.9. The summed E-state index contributed by atoms with van der Waals surface area (Å²) in [5.74, 6) is -1.99. The maximum Gasteiger partial charge on any atom is 0.305 e. The van der Waals surface area contributed by atoms with E-state index < -0.39 is 39.2 Å². The summed E-state index contributed by atoms with van der Waals surface area (Å²) >= 11 is 0. The highest BCUT2D eigenvalue weighted by atomic mass is 32.2. The van der Waals surface area contributed by atoms with E-state index in [2.05, 4.69) is 0 Å². The molecule has 0 aliphatic carbocycles. The highest BCUT2D eigenvalue weighted by Gasteiger charge is 2.39. The van der Waals surface area contributed by atoms with E-state index >= 15 is 0 Å². The number of carbonyl (C=O) groups is 2. The normalized spacial score (nSPS) is 24.2. The van der Waals surface area contributed by atoms with Crippen LogP contribution in [-0.4, -0.2) is 60.4 Å². The van der Waals surface area contributed by atoms with Crippen molar-refractivity contribution in [3.05, 3.63) is 0 Å². The molecular weight excluding hydrogens is 284 g/mol. The fourth-order valence-electron chi connectivity index (χ4n) is 2.10. The van der Waals surface area contributed by atoms with Crippen LogP contribution in [0.3, 0.4) is 0 Å². The highest BCUT2D eigenvalue weighted by molar-refractivity contribution is 7.91. The fraction of sp³-hybridized carbons (Fsp3) is 0.833. The van der Waals surface area contributed by atoms with Gasteiger partial charge in [0.05, 0.1) is 30.0 Å². The summed E-state index contributed by atoms with van der Waals surface area (Å²) in [6.45, 7) is 5.43. The number of nitrogens with zero attached hydrogens (tertiary/aromatic N) is 1. The Bertz CT molecular complexity index is 494. The van der Waals surface area contributed by atoms with E-state index in [1.807, 2.05) is 20.8 Å². The van der Waals surface area contributed by atoms with Crippen LogP contribution in [0, 0.1) is 5.41 Å². The molecule has 2 atom stereocenters. The molecule has 1 saturated heterocycles. The van der Waals surface area contributed by atoms with E-state index in [1.54, 1.807) is 0 Å². The summed E-state index contributed by atoms with van der Waals surface area (Å²) in [5.41, 5.74) is 5.43. The molecule has 0 radical (unpaired) electrons. The number of nitrogens with two attached hydrogens (primary N) is 1. The molecule has 1 amide bonds. The van der Waals surface area contributed by atoms with E-state index in [4.69, 9.17) is 10.8 Å². The van der Waals surface area contributed by atoms with Crippen LogP contribution in [0.5, 0.6) is 0 Å². The number of amides is 1. The number of carboxylic acid groups (broad SMARTS) is 1. The number of hydrogen-bond donors (Lipinski definition) is 2. The second-order valence-electron chi connectivity index (χ2n) is 6.24. The molecule has 3 N–H and O–H groups in total. The van der Waals surface area contributed by atoms with Gasteiger partial charge in [-0.15, -0.1) is 0 Å². The standard InChI is InChI=1S/C12H22N2O5S/c1-12(2,3)10(13)11(17)14-4-5-20(18,19)7-8(14)6-9(15)16/h8,10H,4-7,13H2,1-3H3,(H,15,16). The van der Waals surface area contributed by atoms with Crippen LogP contribution < -0.4 is 5.73 Å². The molecule has 0 saturated carbocycles. The maximum absolute atomic E-state index is 12.4. The van der Waals surface area contributed by atoms with Crippen LogP contribution in [-0.2, 0) is 19.4 Å². The van der Waals surface area contributed by atoms with Gasteiger partial charge < -0.3 is 15.7 Å². The average molecular weight is 306 g/mol. The third kappa shape index (κ3) is 4.17. The molecule has 20 heavy (non-hydrogen) atoms. The Morgan fingerprint density at radius 1 is 1.40 bits per heavy atom. The molecular formula is C12H22N2O5S. The average Bonchev–Trinajstić information content (AvgIpc) is 2.24. The summed E-state index contributed by atoms with van der Waals surface area (Å²) in [4.78, 5) is 24.5. The Morgan fingerprint density at radius 2 is 1.95 bits per heavy atom. The Morgan fingerprint density at radius 3 is 2.40 bits per heavy atom. The van der Waals surface area contributed by atoms with Crippen molar-refractivity contribution in [2.45, 2.75) is 39.3 Å². The first-order chi connectivity index (χ1) is 8.94. The predicted octanol–water partition coefficient (Wildman–Crippen LogP) is -0.540. The van der Waals surface area contributed by atoms with Crippen molar-refractivity contribution in [3.63, 3.8) is 0 Å². The zero-order chi connectivity index (χ0) is 15.7. The van der Waals surface area contributed by atoms with Gasteiger partial charge >= 0.3 is 5.97 Å². The maximum atomic E-state index is 12.4. The number of rotatable bonds is 3. The van der Waals surface area contributed by atoms with Crippen LogP contribution in [0.1, 0.15) is 27.2 Å². The molecule has 1 fully saturated rings. The lowest BCUT2D eigenvalue weighted by molar-refractivity contribution is -0.141. The van der Waals surface area contributed by atoms with Crippen LogP contribution >= 0.6 is 0 Å².